The molecule has 1 saturated heterocycles. The number of carbonyl (C=O) groups is 1. The number of benzene rings is 3. The molecule has 3 aromatic rings. The molecule has 0 aromatic heterocycles. The predicted octanol–water partition coefficient (Wildman–Crippen LogP) is 5.02. The molecule has 0 radical (unpaired) electrons. The number of amides is 1. The van der Waals surface area contributed by atoms with Gasteiger partial charge in [0.25, 0.3) is 0 Å². The summed E-state index contributed by atoms with van der Waals surface area (Å²) in [6.07, 6.45) is 3.48. The molecule has 3 heteroatoms. The van der Waals surface area contributed by atoms with Crippen LogP contribution in [0.5, 0.6) is 0 Å². The molecule has 2 heterocycles. The van der Waals surface area contributed by atoms with E-state index in [-0.39, 0.29) is 17.9 Å². The molecule has 2 aliphatic heterocycles. The first-order chi connectivity index (χ1) is 15.3. The second-order valence-electron chi connectivity index (χ2n) is 9.11. The maximum absolute atomic E-state index is 14.2. The maximum Gasteiger partial charge on any atom is 0.235 e. The minimum absolute atomic E-state index is 0.135. The van der Waals surface area contributed by atoms with Gasteiger partial charge in [-0.1, -0.05) is 72.8 Å². The van der Waals surface area contributed by atoms with Crippen molar-refractivity contribution in [2.45, 2.75) is 31.2 Å². The smallest absolute Gasteiger partial charge is 0.235 e. The van der Waals surface area contributed by atoms with Gasteiger partial charge in [0.1, 0.15) is 0 Å². The molecular weight excluding hydrogens is 380 g/mol. The number of rotatable bonds is 3. The summed E-state index contributed by atoms with van der Waals surface area (Å²) in [7, 11) is 0. The third-order valence-corrected chi connectivity index (χ3v) is 7.41. The summed E-state index contributed by atoms with van der Waals surface area (Å²) in [5, 5.41) is 0. The monoisotopic (exact) mass is 408 g/mol. The van der Waals surface area contributed by atoms with Crippen molar-refractivity contribution in [2.75, 3.05) is 26.2 Å². The van der Waals surface area contributed by atoms with Crippen molar-refractivity contribution in [3.63, 3.8) is 0 Å². The molecule has 3 aromatic carbocycles. The average Bonchev–Trinajstić information content (AvgIpc) is 3.45. The van der Waals surface area contributed by atoms with Crippen molar-refractivity contribution >= 4 is 5.91 Å². The summed E-state index contributed by atoms with van der Waals surface area (Å²) in [5.41, 5.74) is 7.49. The summed E-state index contributed by atoms with van der Waals surface area (Å²) in [4.78, 5) is 19.0. The maximum atomic E-state index is 14.2. The van der Waals surface area contributed by atoms with E-state index < -0.39 is 0 Å². The first-order valence-electron chi connectivity index (χ1n) is 11.6. The van der Waals surface area contributed by atoms with E-state index >= 15 is 0 Å². The largest absolute Gasteiger partial charge is 0.333 e. The Hall–Kier alpha value is -2.91. The van der Waals surface area contributed by atoms with Gasteiger partial charge in [-0.25, -0.2) is 0 Å². The minimum Gasteiger partial charge on any atom is -0.333 e. The molecule has 1 atom stereocenters. The van der Waals surface area contributed by atoms with Crippen molar-refractivity contribution in [1.29, 1.82) is 0 Å². The zero-order valence-corrected chi connectivity index (χ0v) is 17.8. The van der Waals surface area contributed by atoms with E-state index in [1.165, 1.54) is 35.1 Å². The zero-order chi connectivity index (χ0) is 20.8. The van der Waals surface area contributed by atoms with Gasteiger partial charge in [0.2, 0.25) is 5.91 Å². The van der Waals surface area contributed by atoms with Gasteiger partial charge >= 0.3 is 0 Å². The predicted molar refractivity (Wildman–Crippen MR) is 124 cm³/mol. The van der Waals surface area contributed by atoms with Crippen LogP contribution in [0.2, 0.25) is 0 Å². The van der Waals surface area contributed by atoms with Crippen LogP contribution in [-0.2, 0) is 11.2 Å². The number of nitrogens with zero attached hydrogens (tertiary/aromatic N) is 2. The van der Waals surface area contributed by atoms with E-state index in [9.17, 15) is 4.79 Å². The fourth-order valence-electron chi connectivity index (χ4n) is 5.91. The lowest BCUT2D eigenvalue weighted by molar-refractivity contribution is -0.135. The lowest BCUT2D eigenvalue weighted by atomic mass is 9.89. The van der Waals surface area contributed by atoms with Crippen LogP contribution in [0.15, 0.2) is 72.8 Å². The van der Waals surface area contributed by atoms with Crippen molar-refractivity contribution < 1.29 is 4.79 Å². The Balaban J connectivity index is 1.41. The van der Waals surface area contributed by atoms with Gasteiger partial charge in [-0.15, -0.1) is 0 Å². The summed E-state index contributed by atoms with van der Waals surface area (Å²) < 4.78 is 0. The lowest BCUT2D eigenvalue weighted by Gasteiger charge is -2.40. The fourth-order valence-corrected chi connectivity index (χ4v) is 5.91. The molecule has 1 aliphatic carbocycles. The molecule has 3 nitrogen and oxygen atoms in total. The molecule has 6 rings (SSSR count). The number of hydrogen-bond acceptors (Lipinski definition) is 2. The van der Waals surface area contributed by atoms with Crippen LogP contribution in [0.1, 0.15) is 47.1 Å². The molecule has 3 aliphatic rings. The van der Waals surface area contributed by atoms with Gasteiger partial charge in [-0.3, -0.25) is 4.79 Å². The highest BCUT2D eigenvalue weighted by atomic mass is 16.2. The van der Waals surface area contributed by atoms with E-state index in [1.54, 1.807) is 0 Å². The Labute approximate surface area is 184 Å². The molecule has 156 valence electrons. The highest BCUT2D eigenvalue weighted by Crippen LogP contribution is 2.46. The standard InChI is InChI=1S/C28H28N2O/c31-28(27-24-13-5-3-11-22(24)23-12-4-6-14-25(23)27)30-18-15-20-9-1-2-10-21(20)26(30)19-29-16-7-8-17-29/h1-6,9-14,26-27H,7-8,15-19H2. The summed E-state index contributed by atoms with van der Waals surface area (Å²) in [6, 6.07) is 25.8. The van der Waals surface area contributed by atoms with Crippen LogP contribution < -0.4 is 0 Å². The average molecular weight is 409 g/mol. The molecule has 0 saturated carbocycles. The minimum atomic E-state index is -0.196. The second kappa shape index (κ2) is 7.65. The summed E-state index contributed by atoms with van der Waals surface area (Å²) in [6.45, 7) is 4.04. The third kappa shape index (κ3) is 3.11. The molecular formula is C28H28N2O. The summed E-state index contributed by atoms with van der Waals surface area (Å²) in [5.74, 6) is 0.0647. The molecule has 1 unspecified atom stereocenters. The van der Waals surface area contributed by atoms with Crippen molar-refractivity contribution in [3.8, 4) is 11.1 Å². The first kappa shape index (κ1) is 18.8. The Kier molecular flexibility index (Phi) is 4.65. The van der Waals surface area contributed by atoms with Gasteiger partial charge in [0.05, 0.1) is 12.0 Å². The molecule has 0 spiro atoms. The fraction of sp³-hybridized carbons (Fsp3) is 0.321. The van der Waals surface area contributed by atoms with Crippen molar-refractivity contribution in [2.24, 2.45) is 0 Å². The second-order valence-corrected chi connectivity index (χ2v) is 9.11. The number of likely N-dealkylation sites (tertiary alicyclic amines) is 1. The third-order valence-electron chi connectivity index (χ3n) is 7.41. The van der Waals surface area contributed by atoms with E-state index in [4.69, 9.17) is 0 Å². The topological polar surface area (TPSA) is 23.6 Å². The van der Waals surface area contributed by atoms with Gasteiger partial charge in [0, 0.05) is 13.1 Å². The Morgan fingerprint density at radius 1 is 0.742 bits per heavy atom. The highest BCUT2D eigenvalue weighted by Gasteiger charge is 2.40. The van der Waals surface area contributed by atoms with Crippen LogP contribution in [0, 0.1) is 0 Å². The van der Waals surface area contributed by atoms with Crippen molar-refractivity contribution in [1.82, 2.24) is 9.80 Å². The van der Waals surface area contributed by atoms with Gasteiger partial charge in [-0.05, 0) is 65.7 Å². The van der Waals surface area contributed by atoms with Gasteiger partial charge in [-0.2, -0.15) is 0 Å². The van der Waals surface area contributed by atoms with E-state index in [1.807, 2.05) is 0 Å². The molecule has 1 amide bonds. The quantitative estimate of drug-likeness (QED) is 0.607. The molecule has 1 fully saturated rings. The van der Waals surface area contributed by atoms with Crippen LogP contribution in [0.25, 0.3) is 11.1 Å². The van der Waals surface area contributed by atoms with E-state index in [2.05, 4.69) is 82.6 Å². The lowest BCUT2D eigenvalue weighted by Crippen LogP contribution is -2.46. The number of carbonyl (C=O) groups excluding carboxylic acids is 1. The van der Waals surface area contributed by atoms with Crippen LogP contribution in [0.3, 0.4) is 0 Å². The van der Waals surface area contributed by atoms with Crippen LogP contribution >= 0.6 is 0 Å². The highest BCUT2D eigenvalue weighted by molar-refractivity contribution is 5.96. The number of hydrogen-bond donors (Lipinski definition) is 0. The zero-order valence-electron chi connectivity index (χ0n) is 17.8. The Bertz CT molecular complexity index is 1090. The van der Waals surface area contributed by atoms with Crippen molar-refractivity contribution in [3.05, 3.63) is 95.1 Å². The van der Waals surface area contributed by atoms with Crippen LogP contribution in [0.4, 0.5) is 0 Å². The van der Waals surface area contributed by atoms with Gasteiger partial charge in [0.15, 0.2) is 0 Å². The van der Waals surface area contributed by atoms with Crippen LogP contribution in [-0.4, -0.2) is 41.9 Å². The van der Waals surface area contributed by atoms with E-state index in [0.717, 1.165) is 43.7 Å². The molecule has 0 bridgehead atoms. The Morgan fingerprint density at radius 3 is 2.00 bits per heavy atom. The molecule has 31 heavy (non-hydrogen) atoms. The first-order valence-corrected chi connectivity index (χ1v) is 11.6. The van der Waals surface area contributed by atoms with Gasteiger partial charge < -0.3 is 9.80 Å². The number of fused-ring (bicyclic) bond motifs is 4. The molecule has 0 N–H and O–H groups in total. The normalized spacial score (nSPS) is 20.4. The van der Waals surface area contributed by atoms with E-state index in [0.29, 0.717) is 0 Å². The summed E-state index contributed by atoms with van der Waals surface area (Å²) >= 11 is 0. The Morgan fingerprint density at radius 2 is 1.32 bits per heavy atom. The SMILES string of the molecule is O=C(C1c2ccccc2-c2ccccc21)N1CCc2ccccc2C1CN1CCCC1.